The third-order valence-electron chi connectivity index (χ3n) is 4.82. The Morgan fingerprint density at radius 3 is 2.66 bits per heavy atom. The van der Waals surface area contributed by atoms with E-state index in [2.05, 4.69) is 25.6 Å². The zero-order valence-electron chi connectivity index (χ0n) is 18.4. The molecule has 9 nitrogen and oxygen atoms in total. The number of rotatable bonds is 7. The number of nitrogens with zero attached hydrogens (tertiary/aromatic N) is 3. The molecule has 0 spiro atoms. The van der Waals surface area contributed by atoms with Gasteiger partial charge in [0.05, 0.1) is 12.6 Å². The molecule has 1 aliphatic heterocycles. The Balaban J connectivity index is 1.49. The number of hydrogen-bond acceptors (Lipinski definition) is 8. The molecule has 0 unspecified atom stereocenters. The number of ether oxygens (including phenoxy) is 2. The number of nitrogens with one attached hydrogen (secondary N) is 2. The van der Waals surface area contributed by atoms with Crippen LogP contribution in [0.2, 0.25) is 0 Å². The topological polar surface area (TPSA) is 115 Å². The van der Waals surface area contributed by atoms with Gasteiger partial charge in [-0.2, -0.15) is 13.2 Å². The van der Waals surface area contributed by atoms with Crippen molar-refractivity contribution in [1.82, 2.24) is 25.6 Å². The Morgan fingerprint density at radius 1 is 1.23 bits per heavy atom. The van der Waals surface area contributed by atoms with E-state index in [0.717, 1.165) is 17.3 Å². The third-order valence-corrected chi connectivity index (χ3v) is 5.78. The summed E-state index contributed by atoms with van der Waals surface area (Å²) >= 11 is 1.45. The van der Waals surface area contributed by atoms with Gasteiger partial charge >= 0.3 is 6.18 Å². The smallest absolute Gasteiger partial charge is 0.451 e. The van der Waals surface area contributed by atoms with E-state index in [0.29, 0.717) is 28.5 Å². The highest BCUT2D eigenvalue weighted by atomic mass is 32.1. The Labute approximate surface area is 201 Å². The third kappa shape index (κ3) is 6.51. The minimum Gasteiger partial charge on any atom is -0.491 e. The number of carbonyl (C=O) groups excluding carboxylic acids is 2. The van der Waals surface area contributed by atoms with Crippen molar-refractivity contribution in [2.45, 2.75) is 25.7 Å². The molecule has 1 aromatic carbocycles. The first kappa shape index (κ1) is 24.5. The molecule has 184 valence electrons. The van der Waals surface area contributed by atoms with Crippen molar-refractivity contribution in [2.24, 2.45) is 0 Å². The summed E-state index contributed by atoms with van der Waals surface area (Å²) in [6, 6.07) is 4.59. The number of thiazole rings is 1. The first-order valence-corrected chi connectivity index (χ1v) is 11.2. The predicted molar refractivity (Wildman–Crippen MR) is 119 cm³/mol. The minimum absolute atomic E-state index is 0.00365. The fourth-order valence-corrected chi connectivity index (χ4v) is 3.94. The lowest BCUT2D eigenvalue weighted by atomic mass is 10.1. The average Bonchev–Trinajstić information content (AvgIpc) is 3.27. The van der Waals surface area contributed by atoms with Gasteiger partial charge in [-0.15, -0.1) is 11.3 Å². The molecule has 0 saturated carbocycles. The van der Waals surface area contributed by atoms with Crippen LogP contribution < -0.4 is 15.4 Å². The molecule has 3 aromatic rings. The van der Waals surface area contributed by atoms with Crippen molar-refractivity contribution in [3.63, 3.8) is 0 Å². The van der Waals surface area contributed by atoms with Crippen LogP contribution in [0.5, 0.6) is 5.75 Å². The summed E-state index contributed by atoms with van der Waals surface area (Å²) in [6.45, 7) is 2.28. The van der Waals surface area contributed by atoms with Gasteiger partial charge < -0.3 is 20.1 Å². The summed E-state index contributed by atoms with van der Waals surface area (Å²) in [6.07, 6.45) is -0.897. The van der Waals surface area contributed by atoms with Gasteiger partial charge in [-0.1, -0.05) is 0 Å². The van der Waals surface area contributed by atoms with Crippen molar-refractivity contribution < 1.29 is 32.2 Å². The monoisotopic (exact) mass is 507 g/mol. The van der Waals surface area contributed by atoms with Crippen LogP contribution in [0.1, 0.15) is 26.6 Å². The summed E-state index contributed by atoms with van der Waals surface area (Å²) in [5.41, 5.74) is 1.23. The van der Waals surface area contributed by atoms with Gasteiger partial charge in [0, 0.05) is 46.7 Å². The van der Waals surface area contributed by atoms with E-state index in [-0.39, 0.29) is 37.3 Å². The highest BCUT2D eigenvalue weighted by Gasteiger charge is 2.34. The van der Waals surface area contributed by atoms with Gasteiger partial charge in [-0.25, -0.2) is 15.0 Å². The molecule has 2 amide bonds. The van der Waals surface area contributed by atoms with E-state index in [1.807, 2.05) is 6.92 Å². The Kier molecular flexibility index (Phi) is 7.26. The Morgan fingerprint density at radius 2 is 2.00 bits per heavy atom. The predicted octanol–water partition coefficient (Wildman–Crippen LogP) is 2.75. The van der Waals surface area contributed by atoms with Gasteiger partial charge in [0.1, 0.15) is 24.0 Å². The Bertz CT molecular complexity index is 1220. The van der Waals surface area contributed by atoms with Crippen molar-refractivity contribution >= 4 is 23.2 Å². The second kappa shape index (κ2) is 10.4. The number of amides is 2. The summed E-state index contributed by atoms with van der Waals surface area (Å²) in [5.74, 6) is -1.57. The van der Waals surface area contributed by atoms with Gasteiger partial charge in [-0.3, -0.25) is 9.59 Å². The summed E-state index contributed by atoms with van der Waals surface area (Å²) < 4.78 is 48.9. The number of aryl methyl sites for hydroxylation is 1. The van der Waals surface area contributed by atoms with Gasteiger partial charge in [0.2, 0.25) is 11.7 Å². The van der Waals surface area contributed by atoms with Crippen molar-refractivity contribution in [3.05, 3.63) is 58.6 Å². The molecule has 0 radical (unpaired) electrons. The Hall–Kier alpha value is -3.58. The average molecular weight is 507 g/mol. The summed E-state index contributed by atoms with van der Waals surface area (Å²) in [4.78, 5) is 36.3. The molecular weight excluding hydrogens is 487 g/mol. The van der Waals surface area contributed by atoms with E-state index < -0.39 is 17.9 Å². The van der Waals surface area contributed by atoms with Crippen molar-refractivity contribution in [3.8, 4) is 16.3 Å². The maximum Gasteiger partial charge on any atom is 0.451 e. The molecule has 1 saturated heterocycles. The quantitative estimate of drug-likeness (QED) is 0.505. The summed E-state index contributed by atoms with van der Waals surface area (Å²) in [7, 11) is 0. The highest BCUT2D eigenvalue weighted by Crippen LogP contribution is 2.30. The van der Waals surface area contributed by atoms with E-state index in [9.17, 15) is 22.8 Å². The molecule has 2 N–H and O–H groups in total. The van der Waals surface area contributed by atoms with E-state index in [1.165, 1.54) is 17.4 Å². The lowest BCUT2D eigenvalue weighted by molar-refractivity contribution is -0.145. The fourth-order valence-electron chi connectivity index (χ4n) is 3.19. The van der Waals surface area contributed by atoms with Crippen LogP contribution in [0, 0.1) is 6.92 Å². The molecule has 4 rings (SSSR count). The van der Waals surface area contributed by atoms with Crippen LogP contribution in [0.3, 0.4) is 0 Å². The molecule has 0 bridgehead atoms. The maximum atomic E-state index is 12.9. The zero-order chi connectivity index (χ0) is 25.0. The second-order valence-electron chi connectivity index (χ2n) is 7.71. The number of alkyl halides is 3. The lowest BCUT2D eigenvalue weighted by Crippen LogP contribution is -2.48. The maximum absolute atomic E-state index is 12.9. The highest BCUT2D eigenvalue weighted by molar-refractivity contribution is 7.14. The van der Waals surface area contributed by atoms with Gasteiger partial charge in [0.15, 0.2) is 0 Å². The van der Waals surface area contributed by atoms with E-state index in [4.69, 9.17) is 9.47 Å². The number of hydrogen-bond donors (Lipinski definition) is 2. The normalized spacial score (nSPS) is 16.0. The largest absolute Gasteiger partial charge is 0.491 e. The van der Waals surface area contributed by atoms with Crippen LogP contribution in [0.4, 0.5) is 13.2 Å². The molecule has 1 aliphatic rings. The van der Waals surface area contributed by atoms with Crippen LogP contribution in [-0.2, 0) is 22.3 Å². The van der Waals surface area contributed by atoms with Crippen molar-refractivity contribution in [1.29, 1.82) is 0 Å². The number of aromatic nitrogens is 3. The number of morpholine rings is 1. The minimum atomic E-state index is -4.64. The molecule has 13 heteroatoms. The van der Waals surface area contributed by atoms with Gasteiger partial charge in [0.25, 0.3) is 5.91 Å². The van der Waals surface area contributed by atoms with Crippen molar-refractivity contribution in [2.75, 3.05) is 19.8 Å². The SMILES string of the molecule is Cc1cnc(-c2cc(OC[C@@H]3COCC(=O)N3)cc(C(=O)NCc3cnc(C(F)(F)F)nc3)c2)s1. The first-order valence-electron chi connectivity index (χ1n) is 10.4. The standard InChI is InChI=1S/C22H20F3N5O4S/c1-12-5-27-20(35-12)15-2-14(3-17(4-15)34-10-16-9-33-11-18(31)30-16)19(32)26-6-13-7-28-21(29-8-13)22(23,24)25/h2-5,7-8,16H,6,9-11H2,1H3,(H,26,32)(H,30,31)/t16-/m0/s1. The molecule has 2 aromatic heterocycles. The number of benzene rings is 1. The molecule has 3 heterocycles. The molecular formula is C22H20F3N5O4S. The molecule has 1 fully saturated rings. The number of halogens is 3. The first-order chi connectivity index (χ1) is 16.7. The van der Waals surface area contributed by atoms with Crippen LogP contribution in [0.15, 0.2) is 36.8 Å². The van der Waals surface area contributed by atoms with Crippen LogP contribution in [0.25, 0.3) is 10.6 Å². The van der Waals surface area contributed by atoms with E-state index in [1.54, 1.807) is 18.3 Å². The second-order valence-corrected chi connectivity index (χ2v) is 8.94. The van der Waals surface area contributed by atoms with E-state index >= 15 is 0 Å². The lowest BCUT2D eigenvalue weighted by Gasteiger charge is -2.23. The number of carbonyl (C=O) groups is 2. The summed E-state index contributed by atoms with van der Waals surface area (Å²) in [5, 5.41) is 6.10. The molecule has 0 aliphatic carbocycles. The molecule has 1 atom stereocenters. The fraction of sp³-hybridized carbons (Fsp3) is 0.318. The zero-order valence-corrected chi connectivity index (χ0v) is 19.2. The molecule has 35 heavy (non-hydrogen) atoms. The van der Waals surface area contributed by atoms with Crippen LogP contribution in [-0.4, -0.2) is 52.6 Å². The van der Waals surface area contributed by atoms with Crippen LogP contribution >= 0.6 is 11.3 Å². The van der Waals surface area contributed by atoms with Gasteiger partial charge in [-0.05, 0) is 25.1 Å².